The van der Waals surface area contributed by atoms with Gasteiger partial charge in [-0.05, 0) is 19.1 Å². The molecule has 1 atom stereocenters. The maximum absolute atomic E-state index is 11.6. The molecule has 0 radical (unpaired) electrons. The second-order valence-corrected chi connectivity index (χ2v) is 4.01. The molecular weight excluding hydrogens is 218 g/mol. The van der Waals surface area contributed by atoms with Crippen molar-refractivity contribution in [2.45, 2.75) is 19.6 Å². The van der Waals surface area contributed by atoms with Crippen LogP contribution in [0.2, 0.25) is 0 Å². The van der Waals surface area contributed by atoms with Gasteiger partial charge in [-0.25, -0.2) is 4.98 Å². The standard InChI is InChI=1S/C12H15N3O2/c1-9(16)6-13-12(17)7-15-8-14-10-4-2-3-5-11(10)15/h2-5,8-9,16H,6-7H2,1H3,(H,13,17). The Labute approximate surface area is 99.1 Å². The highest BCUT2D eigenvalue weighted by Crippen LogP contribution is 2.11. The average Bonchev–Trinajstić information content (AvgIpc) is 2.70. The number of nitrogens with zero attached hydrogens (tertiary/aromatic N) is 2. The van der Waals surface area contributed by atoms with E-state index in [-0.39, 0.29) is 19.0 Å². The molecule has 0 fully saturated rings. The summed E-state index contributed by atoms with van der Waals surface area (Å²) in [5.74, 6) is -0.131. The third-order valence-electron chi connectivity index (χ3n) is 2.44. The second-order valence-electron chi connectivity index (χ2n) is 4.01. The predicted molar refractivity (Wildman–Crippen MR) is 64.4 cm³/mol. The molecular formula is C12H15N3O2. The third kappa shape index (κ3) is 2.82. The molecule has 17 heavy (non-hydrogen) atoms. The highest BCUT2D eigenvalue weighted by Gasteiger charge is 2.07. The number of amides is 1. The molecule has 5 nitrogen and oxygen atoms in total. The molecule has 0 saturated heterocycles. The molecule has 1 heterocycles. The van der Waals surface area contributed by atoms with E-state index in [2.05, 4.69) is 10.3 Å². The number of imidazole rings is 1. The van der Waals surface area contributed by atoms with Gasteiger partial charge >= 0.3 is 0 Å². The minimum Gasteiger partial charge on any atom is -0.392 e. The molecule has 1 aromatic carbocycles. The van der Waals surface area contributed by atoms with Crippen molar-refractivity contribution in [3.8, 4) is 0 Å². The Hall–Kier alpha value is -1.88. The summed E-state index contributed by atoms with van der Waals surface area (Å²) in [4.78, 5) is 15.8. The van der Waals surface area contributed by atoms with Crippen LogP contribution in [0.25, 0.3) is 11.0 Å². The van der Waals surface area contributed by atoms with Gasteiger partial charge in [0.2, 0.25) is 5.91 Å². The minimum absolute atomic E-state index is 0.131. The molecule has 1 aromatic heterocycles. The highest BCUT2D eigenvalue weighted by molar-refractivity contribution is 5.80. The quantitative estimate of drug-likeness (QED) is 0.809. The summed E-state index contributed by atoms with van der Waals surface area (Å²) in [5, 5.41) is 11.7. The van der Waals surface area contributed by atoms with Crippen molar-refractivity contribution in [2.75, 3.05) is 6.54 Å². The largest absolute Gasteiger partial charge is 0.392 e. The zero-order valence-corrected chi connectivity index (χ0v) is 9.63. The Balaban J connectivity index is 2.06. The molecule has 0 aliphatic carbocycles. The number of hydrogen-bond donors (Lipinski definition) is 2. The monoisotopic (exact) mass is 233 g/mol. The van der Waals surface area contributed by atoms with Crippen LogP contribution in [0.5, 0.6) is 0 Å². The minimum atomic E-state index is -0.529. The van der Waals surface area contributed by atoms with E-state index < -0.39 is 6.10 Å². The molecule has 2 aromatic rings. The lowest BCUT2D eigenvalue weighted by Crippen LogP contribution is -2.33. The van der Waals surface area contributed by atoms with Gasteiger partial charge in [0.1, 0.15) is 6.54 Å². The van der Waals surface area contributed by atoms with Crippen LogP contribution in [0.15, 0.2) is 30.6 Å². The Bertz CT molecular complexity index is 519. The van der Waals surface area contributed by atoms with Gasteiger partial charge < -0.3 is 15.0 Å². The van der Waals surface area contributed by atoms with Gasteiger partial charge in [-0.1, -0.05) is 12.1 Å². The number of para-hydroxylation sites is 2. The van der Waals surface area contributed by atoms with E-state index in [9.17, 15) is 4.79 Å². The summed E-state index contributed by atoms with van der Waals surface area (Å²) in [7, 11) is 0. The summed E-state index contributed by atoms with van der Waals surface area (Å²) < 4.78 is 1.78. The third-order valence-corrected chi connectivity index (χ3v) is 2.44. The number of benzene rings is 1. The van der Waals surface area contributed by atoms with Crippen LogP contribution in [0.4, 0.5) is 0 Å². The molecule has 0 bridgehead atoms. The summed E-state index contributed by atoms with van der Waals surface area (Å²) in [6.45, 7) is 2.12. The van der Waals surface area contributed by atoms with E-state index in [4.69, 9.17) is 5.11 Å². The maximum atomic E-state index is 11.6. The van der Waals surface area contributed by atoms with Gasteiger partial charge in [0.25, 0.3) is 0 Å². The van der Waals surface area contributed by atoms with Crippen LogP contribution in [0.3, 0.4) is 0 Å². The molecule has 2 rings (SSSR count). The number of aliphatic hydroxyl groups excluding tert-OH is 1. The van der Waals surface area contributed by atoms with Crippen LogP contribution in [0.1, 0.15) is 6.92 Å². The van der Waals surface area contributed by atoms with Crippen LogP contribution in [0, 0.1) is 0 Å². The summed E-state index contributed by atoms with van der Waals surface area (Å²) in [6, 6.07) is 7.64. The lowest BCUT2D eigenvalue weighted by molar-refractivity contribution is -0.122. The Morgan fingerprint density at radius 1 is 1.53 bits per heavy atom. The van der Waals surface area contributed by atoms with Crippen LogP contribution >= 0.6 is 0 Å². The summed E-state index contributed by atoms with van der Waals surface area (Å²) in [5.41, 5.74) is 1.80. The fourth-order valence-corrected chi connectivity index (χ4v) is 1.61. The molecule has 1 amide bonds. The second kappa shape index (κ2) is 4.97. The first-order valence-electron chi connectivity index (χ1n) is 5.51. The van der Waals surface area contributed by atoms with Crippen molar-refractivity contribution in [1.82, 2.24) is 14.9 Å². The number of aliphatic hydroxyl groups is 1. The molecule has 0 spiro atoms. The fourth-order valence-electron chi connectivity index (χ4n) is 1.61. The van der Waals surface area contributed by atoms with Gasteiger partial charge in [0.15, 0.2) is 0 Å². The molecule has 2 N–H and O–H groups in total. The lowest BCUT2D eigenvalue weighted by atomic mass is 10.3. The van der Waals surface area contributed by atoms with Crippen molar-refractivity contribution in [1.29, 1.82) is 0 Å². The van der Waals surface area contributed by atoms with E-state index in [0.717, 1.165) is 11.0 Å². The molecule has 1 unspecified atom stereocenters. The lowest BCUT2D eigenvalue weighted by Gasteiger charge is -2.08. The summed E-state index contributed by atoms with van der Waals surface area (Å²) >= 11 is 0. The van der Waals surface area contributed by atoms with Crippen LogP contribution in [-0.2, 0) is 11.3 Å². The van der Waals surface area contributed by atoms with Crippen LogP contribution < -0.4 is 5.32 Å². The SMILES string of the molecule is CC(O)CNC(=O)Cn1cnc2ccccc21. The first kappa shape index (κ1) is 11.6. The number of carbonyl (C=O) groups is 1. The van der Waals surface area contributed by atoms with Gasteiger partial charge in [-0.3, -0.25) is 4.79 Å². The molecule has 0 saturated carbocycles. The Kier molecular flexibility index (Phi) is 3.39. The van der Waals surface area contributed by atoms with Crippen molar-refractivity contribution in [2.24, 2.45) is 0 Å². The Morgan fingerprint density at radius 2 is 2.29 bits per heavy atom. The maximum Gasteiger partial charge on any atom is 0.240 e. The van der Waals surface area contributed by atoms with Crippen molar-refractivity contribution in [3.05, 3.63) is 30.6 Å². The number of hydrogen-bond acceptors (Lipinski definition) is 3. The van der Waals surface area contributed by atoms with Gasteiger partial charge in [0, 0.05) is 6.54 Å². The number of fused-ring (bicyclic) bond motifs is 1. The first-order valence-corrected chi connectivity index (χ1v) is 5.51. The van der Waals surface area contributed by atoms with E-state index in [0.29, 0.717) is 0 Å². The van der Waals surface area contributed by atoms with E-state index >= 15 is 0 Å². The molecule has 90 valence electrons. The molecule has 0 aliphatic heterocycles. The highest BCUT2D eigenvalue weighted by atomic mass is 16.3. The number of aromatic nitrogens is 2. The van der Waals surface area contributed by atoms with Gasteiger partial charge in [0.05, 0.1) is 23.5 Å². The topological polar surface area (TPSA) is 67.2 Å². The number of nitrogens with one attached hydrogen (secondary N) is 1. The predicted octanol–water partition coefficient (Wildman–Crippen LogP) is 0.533. The van der Waals surface area contributed by atoms with E-state index in [1.165, 1.54) is 0 Å². The van der Waals surface area contributed by atoms with E-state index in [1.807, 2.05) is 24.3 Å². The van der Waals surface area contributed by atoms with Crippen molar-refractivity contribution >= 4 is 16.9 Å². The van der Waals surface area contributed by atoms with Crippen molar-refractivity contribution < 1.29 is 9.90 Å². The zero-order chi connectivity index (χ0) is 12.3. The first-order chi connectivity index (χ1) is 8.16. The number of carbonyl (C=O) groups excluding carboxylic acids is 1. The van der Waals surface area contributed by atoms with Gasteiger partial charge in [-0.15, -0.1) is 0 Å². The summed E-state index contributed by atoms with van der Waals surface area (Å²) in [6.07, 6.45) is 1.12. The molecule has 5 heteroatoms. The van der Waals surface area contributed by atoms with Crippen LogP contribution in [-0.4, -0.2) is 33.2 Å². The van der Waals surface area contributed by atoms with E-state index in [1.54, 1.807) is 17.8 Å². The average molecular weight is 233 g/mol. The number of rotatable bonds is 4. The van der Waals surface area contributed by atoms with Gasteiger partial charge in [-0.2, -0.15) is 0 Å². The normalized spacial score (nSPS) is 12.6. The fraction of sp³-hybridized carbons (Fsp3) is 0.333. The Morgan fingerprint density at radius 3 is 3.06 bits per heavy atom. The van der Waals surface area contributed by atoms with Crippen molar-refractivity contribution in [3.63, 3.8) is 0 Å². The smallest absolute Gasteiger partial charge is 0.240 e. The zero-order valence-electron chi connectivity index (χ0n) is 9.63. The molecule has 0 aliphatic rings.